The topological polar surface area (TPSA) is 139 Å². The molecule has 94 valence electrons. The molecule has 0 aliphatic carbocycles. The van der Waals surface area contributed by atoms with Crippen LogP contribution in [0.5, 0.6) is 0 Å². The molecule has 0 aromatic heterocycles. The Morgan fingerprint density at radius 3 is 2.50 bits per heavy atom. The van der Waals surface area contributed by atoms with Gasteiger partial charge in [0.25, 0.3) is 0 Å². The zero-order chi connectivity index (χ0) is 12.3. The number of aliphatic hydroxyl groups excluding tert-OH is 3. The standard InChI is InChI=1S/C8H15NO7/c10-3-8(15)7(14)6(13)4(16-8)1-9-2-5(11)12/h4,6-7,9-10,13-15H,1-3H2,(H,11,12)/t4-,6+,7-,8+/m1/s1. The first-order valence-electron chi connectivity index (χ1n) is 4.70. The summed E-state index contributed by atoms with van der Waals surface area (Å²) in [5.41, 5.74) is 0. The predicted octanol–water partition coefficient (Wildman–Crippen LogP) is -3.54. The lowest BCUT2D eigenvalue weighted by Gasteiger charge is -2.22. The Hall–Kier alpha value is -0.770. The highest BCUT2D eigenvalue weighted by Crippen LogP contribution is 2.28. The second-order valence-electron chi connectivity index (χ2n) is 3.62. The molecule has 0 spiro atoms. The van der Waals surface area contributed by atoms with E-state index in [0.29, 0.717) is 0 Å². The van der Waals surface area contributed by atoms with Crippen molar-refractivity contribution >= 4 is 5.97 Å². The van der Waals surface area contributed by atoms with Crippen molar-refractivity contribution in [1.29, 1.82) is 0 Å². The van der Waals surface area contributed by atoms with Crippen molar-refractivity contribution in [3.8, 4) is 0 Å². The molecule has 1 rings (SSSR count). The van der Waals surface area contributed by atoms with E-state index in [1.807, 2.05) is 0 Å². The van der Waals surface area contributed by atoms with Crippen molar-refractivity contribution in [3.05, 3.63) is 0 Å². The number of aliphatic carboxylic acids is 1. The van der Waals surface area contributed by atoms with Crippen molar-refractivity contribution in [2.75, 3.05) is 19.7 Å². The van der Waals surface area contributed by atoms with Crippen LogP contribution in [0.3, 0.4) is 0 Å². The average molecular weight is 237 g/mol. The van der Waals surface area contributed by atoms with E-state index in [-0.39, 0.29) is 13.1 Å². The number of carbonyl (C=O) groups is 1. The number of hydrogen-bond acceptors (Lipinski definition) is 7. The van der Waals surface area contributed by atoms with Gasteiger partial charge in [0.2, 0.25) is 5.79 Å². The van der Waals surface area contributed by atoms with Crippen molar-refractivity contribution in [3.63, 3.8) is 0 Å². The van der Waals surface area contributed by atoms with Gasteiger partial charge in [-0.25, -0.2) is 0 Å². The first-order chi connectivity index (χ1) is 7.40. The van der Waals surface area contributed by atoms with Gasteiger partial charge in [-0.3, -0.25) is 4.79 Å². The largest absolute Gasteiger partial charge is 0.480 e. The molecule has 0 aromatic rings. The first-order valence-corrected chi connectivity index (χ1v) is 4.70. The summed E-state index contributed by atoms with van der Waals surface area (Å²) in [7, 11) is 0. The molecule has 4 atom stereocenters. The first kappa shape index (κ1) is 13.3. The van der Waals surface area contributed by atoms with Gasteiger partial charge in [0.1, 0.15) is 18.3 Å². The highest BCUT2D eigenvalue weighted by molar-refractivity contribution is 5.68. The fourth-order valence-electron chi connectivity index (χ4n) is 1.49. The second-order valence-corrected chi connectivity index (χ2v) is 3.62. The van der Waals surface area contributed by atoms with Gasteiger partial charge >= 0.3 is 5.97 Å². The molecule has 1 aliphatic rings. The lowest BCUT2D eigenvalue weighted by atomic mass is 10.1. The molecule has 16 heavy (non-hydrogen) atoms. The molecular formula is C8H15NO7. The van der Waals surface area contributed by atoms with Gasteiger partial charge in [-0.05, 0) is 0 Å². The summed E-state index contributed by atoms with van der Waals surface area (Å²) in [4.78, 5) is 10.2. The fourth-order valence-corrected chi connectivity index (χ4v) is 1.49. The van der Waals surface area contributed by atoms with Gasteiger partial charge in [-0.2, -0.15) is 0 Å². The van der Waals surface area contributed by atoms with Crippen LogP contribution in [0.4, 0.5) is 0 Å². The number of carboxylic acids is 1. The van der Waals surface area contributed by atoms with Crippen LogP contribution in [-0.2, 0) is 9.53 Å². The van der Waals surface area contributed by atoms with Crippen molar-refractivity contribution < 1.29 is 35.1 Å². The minimum Gasteiger partial charge on any atom is -0.480 e. The average Bonchev–Trinajstić information content (AvgIpc) is 2.44. The molecule has 0 amide bonds. The molecule has 1 heterocycles. The third-order valence-corrected chi connectivity index (χ3v) is 2.37. The molecule has 6 N–H and O–H groups in total. The van der Waals surface area contributed by atoms with Crippen LogP contribution in [0, 0.1) is 0 Å². The minimum atomic E-state index is -2.20. The summed E-state index contributed by atoms with van der Waals surface area (Å²) in [5.74, 6) is -3.28. The molecule has 1 aliphatic heterocycles. The van der Waals surface area contributed by atoms with Crippen LogP contribution in [0.15, 0.2) is 0 Å². The Balaban J connectivity index is 2.48. The summed E-state index contributed by atoms with van der Waals surface area (Å²) in [6.45, 7) is -1.26. The van der Waals surface area contributed by atoms with Crippen LogP contribution in [0.25, 0.3) is 0 Å². The molecule has 0 unspecified atom stereocenters. The summed E-state index contributed by atoms with van der Waals surface area (Å²) in [6, 6.07) is 0. The van der Waals surface area contributed by atoms with E-state index < -0.39 is 36.7 Å². The molecule has 0 aromatic carbocycles. The molecule has 0 saturated carbocycles. The van der Waals surface area contributed by atoms with Crippen LogP contribution in [-0.4, -0.2) is 75.3 Å². The Morgan fingerprint density at radius 2 is 2.06 bits per heavy atom. The predicted molar refractivity (Wildman–Crippen MR) is 49.4 cm³/mol. The van der Waals surface area contributed by atoms with Gasteiger partial charge in [0.05, 0.1) is 13.2 Å². The Kier molecular flexibility index (Phi) is 4.19. The zero-order valence-electron chi connectivity index (χ0n) is 8.41. The monoisotopic (exact) mass is 237 g/mol. The molecule has 0 radical (unpaired) electrons. The van der Waals surface area contributed by atoms with Gasteiger partial charge in [-0.1, -0.05) is 0 Å². The smallest absolute Gasteiger partial charge is 0.317 e. The molecular weight excluding hydrogens is 222 g/mol. The van der Waals surface area contributed by atoms with E-state index in [1.54, 1.807) is 0 Å². The van der Waals surface area contributed by atoms with E-state index >= 15 is 0 Å². The maximum absolute atomic E-state index is 10.2. The van der Waals surface area contributed by atoms with Gasteiger partial charge in [-0.15, -0.1) is 0 Å². The quantitative estimate of drug-likeness (QED) is 0.289. The molecule has 8 heteroatoms. The fraction of sp³-hybridized carbons (Fsp3) is 0.875. The SMILES string of the molecule is O=C(O)CNC[C@H]1O[C@@](O)(CO)[C@H](O)[C@H]1O. The summed E-state index contributed by atoms with van der Waals surface area (Å²) >= 11 is 0. The van der Waals surface area contributed by atoms with E-state index in [0.717, 1.165) is 0 Å². The third-order valence-electron chi connectivity index (χ3n) is 2.37. The zero-order valence-corrected chi connectivity index (χ0v) is 8.41. The molecule has 1 fully saturated rings. The van der Waals surface area contributed by atoms with Crippen molar-refractivity contribution in [1.82, 2.24) is 5.32 Å². The minimum absolute atomic E-state index is 0.0627. The number of nitrogens with one attached hydrogen (secondary N) is 1. The number of carboxylic acid groups (broad SMARTS) is 1. The maximum Gasteiger partial charge on any atom is 0.317 e. The van der Waals surface area contributed by atoms with Crippen molar-refractivity contribution in [2.24, 2.45) is 0 Å². The van der Waals surface area contributed by atoms with E-state index in [1.165, 1.54) is 0 Å². The summed E-state index contributed by atoms with van der Waals surface area (Å²) in [6.07, 6.45) is -4.00. The van der Waals surface area contributed by atoms with Crippen LogP contribution in [0.2, 0.25) is 0 Å². The summed E-state index contributed by atoms with van der Waals surface area (Å²) < 4.78 is 4.85. The molecule has 1 saturated heterocycles. The number of ether oxygens (including phenoxy) is 1. The van der Waals surface area contributed by atoms with E-state index in [4.69, 9.17) is 14.9 Å². The number of hydrogen-bond donors (Lipinski definition) is 6. The second kappa shape index (κ2) is 5.04. The lowest BCUT2D eigenvalue weighted by molar-refractivity contribution is -0.245. The third kappa shape index (κ3) is 2.67. The highest BCUT2D eigenvalue weighted by Gasteiger charge is 2.52. The Morgan fingerprint density at radius 1 is 1.44 bits per heavy atom. The van der Waals surface area contributed by atoms with Gasteiger partial charge < -0.3 is 35.6 Å². The molecule has 0 bridgehead atoms. The summed E-state index contributed by atoms with van der Waals surface area (Å²) in [5, 5.41) is 47.9. The van der Waals surface area contributed by atoms with E-state index in [9.17, 15) is 20.1 Å². The molecule has 8 nitrogen and oxygen atoms in total. The normalized spacial score (nSPS) is 38.9. The Bertz CT molecular complexity index is 261. The Labute approximate surface area is 91.1 Å². The van der Waals surface area contributed by atoms with Gasteiger partial charge in [0.15, 0.2) is 0 Å². The van der Waals surface area contributed by atoms with Gasteiger partial charge in [0, 0.05) is 6.54 Å². The maximum atomic E-state index is 10.2. The lowest BCUT2D eigenvalue weighted by Crippen LogP contribution is -2.46. The van der Waals surface area contributed by atoms with Crippen LogP contribution in [0.1, 0.15) is 0 Å². The van der Waals surface area contributed by atoms with Crippen LogP contribution >= 0.6 is 0 Å². The number of rotatable bonds is 5. The van der Waals surface area contributed by atoms with Crippen molar-refractivity contribution in [2.45, 2.75) is 24.1 Å². The highest BCUT2D eigenvalue weighted by atomic mass is 16.7. The van der Waals surface area contributed by atoms with Crippen LogP contribution < -0.4 is 5.32 Å². The number of aliphatic hydroxyl groups is 4. The van der Waals surface area contributed by atoms with E-state index in [2.05, 4.69) is 5.32 Å².